The summed E-state index contributed by atoms with van der Waals surface area (Å²) >= 11 is 6.29. The molecule has 3 atom stereocenters. The maximum atomic E-state index is 13.8. The van der Waals surface area contributed by atoms with Crippen LogP contribution in [-0.4, -0.2) is 77.4 Å². The van der Waals surface area contributed by atoms with Crippen LogP contribution in [0.1, 0.15) is 42.3 Å². The first-order valence-corrected chi connectivity index (χ1v) is 18.7. The van der Waals surface area contributed by atoms with E-state index in [2.05, 4.69) is 68.8 Å². The summed E-state index contributed by atoms with van der Waals surface area (Å²) in [7, 11) is 3.12. The van der Waals surface area contributed by atoms with Gasteiger partial charge >= 0.3 is 12.6 Å². The molecule has 2 N–H and O–H groups in total. The molecule has 1 saturated heterocycles. The Balaban J connectivity index is 1.69. The van der Waals surface area contributed by atoms with Crippen LogP contribution in [0.3, 0.4) is 0 Å². The van der Waals surface area contributed by atoms with Crippen molar-refractivity contribution < 1.29 is 23.4 Å². The molecule has 1 aliphatic rings. The van der Waals surface area contributed by atoms with Gasteiger partial charge in [-0.1, -0.05) is 103 Å². The molecular formula is C37H40ClN6O6P. The maximum absolute atomic E-state index is 13.8. The molecule has 1 fully saturated rings. The zero-order chi connectivity index (χ0) is 36.6. The quantitative estimate of drug-likeness (QED) is 0.127. The Bertz CT molecular complexity index is 1910. The molecule has 0 saturated carbocycles. The Hall–Kier alpha value is -4.60. The van der Waals surface area contributed by atoms with Gasteiger partial charge in [0.25, 0.3) is 0 Å². The van der Waals surface area contributed by atoms with Gasteiger partial charge in [0, 0.05) is 33.1 Å². The van der Waals surface area contributed by atoms with E-state index >= 15 is 0 Å². The molecule has 0 aliphatic carbocycles. The van der Waals surface area contributed by atoms with Crippen LogP contribution in [0.15, 0.2) is 102 Å². The number of amides is 2. The predicted octanol–water partition coefficient (Wildman–Crippen LogP) is 4.81. The standard InChI is InChI=1S/C37H40ClN6O6P/c1-27(45)39-22-14-15-29-23-44(36(47)41-35(29)40-28(2)46)34-25-43(24-33(50-34)26-49-51(38,48)42(3)4)37(30-16-8-5-9-17-30,31-18-10-6-11-19-31)32-20-12-7-13-21-32/h5-13,16-21,23,33-34H,22,24-26H2,1-4H3,(H,39,45)(H,40,41,46,47). The van der Waals surface area contributed by atoms with Gasteiger partial charge in [0.15, 0.2) is 12.0 Å². The molecule has 4 aromatic rings. The number of rotatable bonds is 11. The minimum Gasteiger partial charge on any atom is -0.350 e. The Morgan fingerprint density at radius 2 is 1.51 bits per heavy atom. The monoisotopic (exact) mass is 730 g/mol. The fraction of sp³-hybridized carbons (Fsp3) is 0.297. The van der Waals surface area contributed by atoms with Gasteiger partial charge in [0.2, 0.25) is 11.8 Å². The van der Waals surface area contributed by atoms with Crippen molar-refractivity contribution in [3.63, 3.8) is 0 Å². The fourth-order valence-corrected chi connectivity index (χ4v) is 6.80. The summed E-state index contributed by atoms with van der Waals surface area (Å²) in [6, 6.07) is 30.1. The smallest absolute Gasteiger partial charge is 0.350 e. The third-order valence-electron chi connectivity index (χ3n) is 8.30. The van der Waals surface area contributed by atoms with Gasteiger partial charge in [-0.2, -0.15) is 4.98 Å². The number of carbonyl (C=O) groups is 2. The third-order valence-corrected chi connectivity index (χ3v) is 10.9. The second kappa shape index (κ2) is 16.6. The summed E-state index contributed by atoms with van der Waals surface area (Å²) in [6.45, 7) is -0.652. The number of ether oxygens (including phenoxy) is 1. The Morgan fingerprint density at radius 1 is 0.961 bits per heavy atom. The molecule has 3 unspecified atom stereocenters. The number of carbonyl (C=O) groups excluding carboxylic acids is 2. The molecule has 51 heavy (non-hydrogen) atoms. The SMILES string of the molecule is CC(=O)NCC#Cc1cn(C2CN(C(c3ccccc3)(c3ccccc3)c3ccccc3)CC(COP(=O)(Cl)N(C)C)O2)c(=O)nc1NC(C)=O. The molecular weight excluding hydrogens is 691 g/mol. The summed E-state index contributed by atoms with van der Waals surface area (Å²) < 4.78 is 28.1. The second-order valence-corrected chi connectivity index (χ2v) is 15.3. The molecule has 0 bridgehead atoms. The summed E-state index contributed by atoms with van der Waals surface area (Å²) in [5, 5.41) is 5.18. The molecule has 12 nitrogen and oxygen atoms in total. The van der Waals surface area contributed by atoms with E-state index < -0.39 is 36.3 Å². The van der Waals surface area contributed by atoms with Crippen molar-refractivity contribution in [3.05, 3.63) is 130 Å². The number of hydrogen-bond acceptors (Lipinski definition) is 8. The molecule has 2 heterocycles. The van der Waals surface area contributed by atoms with Crippen LogP contribution in [0, 0.1) is 11.8 Å². The minimum atomic E-state index is -3.68. The van der Waals surface area contributed by atoms with Gasteiger partial charge in [-0.15, -0.1) is 0 Å². The number of morpholine rings is 1. The van der Waals surface area contributed by atoms with Crippen molar-refractivity contribution in [1.29, 1.82) is 0 Å². The van der Waals surface area contributed by atoms with Gasteiger partial charge in [-0.3, -0.25) is 23.6 Å². The highest BCUT2D eigenvalue weighted by molar-refractivity contribution is 7.83. The molecule has 1 aliphatic heterocycles. The maximum Gasteiger partial charge on any atom is 0.362 e. The van der Waals surface area contributed by atoms with E-state index in [0.29, 0.717) is 0 Å². The van der Waals surface area contributed by atoms with Crippen molar-refractivity contribution in [3.8, 4) is 11.8 Å². The van der Waals surface area contributed by atoms with Gasteiger partial charge in [0.05, 0.1) is 30.4 Å². The topological polar surface area (TPSA) is 135 Å². The van der Waals surface area contributed by atoms with E-state index in [4.69, 9.17) is 20.5 Å². The zero-order valence-corrected chi connectivity index (χ0v) is 30.4. The molecule has 1 aromatic heterocycles. The van der Waals surface area contributed by atoms with E-state index in [9.17, 15) is 18.9 Å². The number of halogens is 1. The number of nitrogens with one attached hydrogen (secondary N) is 2. The fourth-order valence-electron chi connectivity index (χ4n) is 6.05. The van der Waals surface area contributed by atoms with Gasteiger partial charge in [-0.05, 0) is 42.0 Å². The molecule has 14 heteroatoms. The van der Waals surface area contributed by atoms with Crippen LogP contribution in [0.25, 0.3) is 0 Å². The normalized spacial score (nSPS) is 17.5. The van der Waals surface area contributed by atoms with Gasteiger partial charge in [-0.25, -0.2) is 9.46 Å². The Kier molecular flexibility index (Phi) is 12.3. The van der Waals surface area contributed by atoms with Crippen LogP contribution in [0.2, 0.25) is 0 Å². The number of benzene rings is 3. The van der Waals surface area contributed by atoms with Crippen LogP contribution >= 0.6 is 18.1 Å². The first-order valence-electron chi connectivity index (χ1n) is 16.2. The van der Waals surface area contributed by atoms with E-state index in [1.165, 1.54) is 29.3 Å². The first kappa shape index (κ1) is 37.7. The summed E-state index contributed by atoms with van der Waals surface area (Å²) in [5.41, 5.74) is 1.55. The van der Waals surface area contributed by atoms with Crippen molar-refractivity contribution in [2.45, 2.75) is 31.7 Å². The van der Waals surface area contributed by atoms with Crippen molar-refractivity contribution >= 4 is 35.7 Å². The molecule has 2 amide bonds. The number of nitrogens with zero attached hydrogens (tertiary/aromatic N) is 4. The second-order valence-electron chi connectivity index (χ2n) is 12.1. The number of hydrogen-bond donors (Lipinski definition) is 2. The van der Waals surface area contributed by atoms with E-state index in [1.54, 1.807) is 14.1 Å². The summed E-state index contributed by atoms with van der Waals surface area (Å²) in [4.78, 5) is 43.6. The predicted molar refractivity (Wildman–Crippen MR) is 196 cm³/mol. The lowest BCUT2D eigenvalue weighted by Crippen LogP contribution is -2.58. The van der Waals surface area contributed by atoms with Crippen LogP contribution < -0.4 is 16.3 Å². The average Bonchev–Trinajstić information content (AvgIpc) is 3.11. The Morgan fingerprint density at radius 3 is 2.00 bits per heavy atom. The highest BCUT2D eigenvalue weighted by atomic mass is 35.7. The molecule has 3 aromatic carbocycles. The lowest BCUT2D eigenvalue weighted by Gasteiger charge is -2.50. The molecule has 0 radical (unpaired) electrons. The number of anilines is 1. The average molecular weight is 731 g/mol. The number of aromatic nitrogens is 2. The highest BCUT2D eigenvalue weighted by Gasteiger charge is 2.47. The van der Waals surface area contributed by atoms with E-state index in [0.717, 1.165) is 16.7 Å². The molecule has 0 spiro atoms. The van der Waals surface area contributed by atoms with Crippen molar-refractivity contribution in [1.82, 2.24) is 24.4 Å². The lowest BCUT2D eigenvalue weighted by atomic mass is 9.75. The highest BCUT2D eigenvalue weighted by Crippen LogP contribution is 2.54. The molecule has 5 rings (SSSR count). The van der Waals surface area contributed by atoms with E-state index in [1.807, 2.05) is 54.6 Å². The van der Waals surface area contributed by atoms with Gasteiger partial charge in [0.1, 0.15) is 0 Å². The van der Waals surface area contributed by atoms with Crippen LogP contribution in [0.4, 0.5) is 5.82 Å². The van der Waals surface area contributed by atoms with Crippen LogP contribution in [-0.2, 0) is 29.0 Å². The molecule has 266 valence electrons. The first-order chi connectivity index (χ1) is 24.4. The largest absolute Gasteiger partial charge is 0.362 e. The Labute approximate surface area is 302 Å². The van der Waals surface area contributed by atoms with Crippen molar-refractivity contribution in [2.75, 3.05) is 45.7 Å². The van der Waals surface area contributed by atoms with E-state index in [-0.39, 0.29) is 43.5 Å². The lowest BCUT2D eigenvalue weighted by molar-refractivity contribution is -0.148. The minimum absolute atomic E-state index is 0.0205. The van der Waals surface area contributed by atoms with Crippen molar-refractivity contribution in [2.24, 2.45) is 0 Å². The van der Waals surface area contributed by atoms with Gasteiger partial charge < -0.3 is 19.9 Å². The third kappa shape index (κ3) is 8.83. The summed E-state index contributed by atoms with van der Waals surface area (Å²) in [5.74, 6) is 5.04. The zero-order valence-electron chi connectivity index (χ0n) is 28.8. The summed E-state index contributed by atoms with van der Waals surface area (Å²) in [6.07, 6.45) is -0.212. The van der Waals surface area contributed by atoms with Crippen LogP contribution in [0.5, 0.6) is 0 Å².